The second kappa shape index (κ2) is 11.5. The Hall–Kier alpha value is -3.81. The number of hydrogen-bond donors (Lipinski definition) is 3. The number of carbonyl (C=O) groups excluding carboxylic acids is 1. The van der Waals surface area contributed by atoms with Crippen LogP contribution in [-0.2, 0) is 16.1 Å². The van der Waals surface area contributed by atoms with E-state index < -0.39 is 23.1 Å². The highest BCUT2D eigenvalue weighted by Crippen LogP contribution is 2.18. The van der Waals surface area contributed by atoms with E-state index in [0.29, 0.717) is 6.07 Å². The van der Waals surface area contributed by atoms with Crippen molar-refractivity contribution in [1.82, 2.24) is 14.9 Å². The number of halogens is 2. The van der Waals surface area contributed by atoms with Crippen LogP contribution in [0.5, 0.6) is 0 Å². The van der Waals surface area contributed by atoms with Gasteiger partial charge in [-0.2, -0.15) is 10.5 Å². The van der Waals surface area contributed by atoms with Crippen molar-refractivity contribution >= 4 is 40.7 Å². The van der Waals surface area contributed by atoms with Crippen LogP contribution in [0.15, 0.2) is 10.9 Å². The molecule has 3 N–H and O–H groups in total. The average molecular weight is 463 g/mol. The first-order chi connectivity index (χ1) is 15.4. The number of hydrogen-bond acceptors (Lipinski definition) is 9. The number of nitrogens with zero attached hydrogens (tertiary/aromatic N) is 4. The maximum absolute atomic E-state index is 14.1. The van der Waals surface area contributed by atoms with E-state index in [0.717, 1.165) is 17.5 Å². The van der Waals surface area contributed by atoms with Crippen molar-refractivity contribution in [3.63, 3.8) is 0 Å². The summed E-state index contributed by atoms with van der Waals surface area (Å²) in [5, 5.41) is 25.4. The van der Waals surface area contributed by atoms with Gasteiger partial charge in [0.2, 0.25) is 0 Å². The van der Waals surface area contributed by atoms with Crippen LogP contribution in [0.3, 0.4) is 0 Å². The number of rotatable bonds is 9. The maximum atomic E-state index is 14.1. The van der Waals surface area contributed by atoms with Gasteiger partial charge < -0.3 is 20.7 Å². The Balaban J connectivity index is 2.49. The molecule has 0 atom stereocenters. The van der Waals surface area contributed by atoms with Crippen LogP contribution in [-0.4, -0.2) is 42.3 Å². The first kappa shape index (κ1) is 24.5. The largest absolute Gasteiger partial charge is 0.383 e. The molecule has 0 spiro atoms. The lowest BCUT2D eigenvalue weighted by atomic mass is 10.3. The smallest absolute Gasteiger partial charge is 0.270 e. The molecule has 32 heavy (non-hydrogen) atoms. The van der Waals surface area contributed by atoms with Crippen molar-refractivity contribution in [3.05, 3.63) is 37.2 Å². The lowest BCUT2D eigenvalue weighted by Crippen LogP contribution is -2.34. The standard InChI is InChI=1S/C19H19F2N7O3S/c1-3-28-18(30)14(32-19(28)11(9-23)17(29)25-5-4-22)10-26-16-13(21)8-12(20)15(27-16)24-6-7-31-2/h8,10H,3,5-7H2,1-2H3,(H,25,29)(H2,24,26,27). The quantitative estimate of drug-likeness (QED) is 0.343. The zero-order valence-corrected chi connectivity index (χ0v) is 18.0. The molecule has 2 aromatic rings. The maximum Gasteiger partial charge on any atom is 0.270 e. The summed E-state index contributed by atoms with van der Waals surface area (Å²) in [7, 11) is 1.47. The van der Waals surface area contributed by atoms with Crippen molar-refractivity contribution in [2.24, 2.45) is 0 Å². The van der Waals surface area contributed by atoms with Crippen LogP contribution in [0.1, 0.15) is 6.92 Å². The molecule has 2 heterocycles. The van der Waals surface area contributed by atoms with Gasteiger partial charge in [0.15, 0.2) is 28.8 Å². The predicted octanol–water partition coefficient (Wildman–Crippen LogP) is -0.175. The molecule has 168 valence electrons. The normalized spacial score (nSPS) is 12.0. The Kier molecular flexibility index (Phi) is 8.83. The van der Waals surface area contributed by atoms with Gasteiger partial charge in [0.25, 0.3) is 11.5 Å². The lowest BCUT2D eigenvalue weighted by molar-refractivity contribution is -0.115. The lowest BCUT2D eigenvalue weighted by Gasteiger charge is -2.09. The van der Waals surface area contributed by atoms with Crippen molar-refractivity contribution in [2.45, 2.75) is 13.5 Å². The minimum Gasteiger partial charge on any atom is -0.383 e. The Morgan fingerprint density at radius 1 is 1.34 bits per heavy atom. The number of anilines is 2. The number of pyridine rings is 1. The SMILES string of the molecule is CCn1c(=C(C#N)C(=O)NCC#N)sc(=CNc2nc(NCCOC)c(F)cc2F)c1=O. The van der Waals surface area contributed by atoms with Crippen LogP contribution in [0, 0.1) is 34.3 Å². The van der Waals surface area contributed by atoms with Gasteiger partial charge >= 0.3 is 0 Å². The number of ether oxygens (including phenoxy) is 1. The predicted molar refractivity (Wildman–Crippen MR) is 114 cm³/mol. The molecular weight excluding hydrogens is 444 g/mol. The van der Waals surface area contributed by atoms with Gasteiger partial charge in [-0.25, -0.2) is 13.8 Å². The fourth-order valence-corrected chi connectivity index (χ4v) is 3.58. The Labute approximate surface area is 185 Å². The van der Waals surface area contributed by atoms with Crippen molar-refractivity contribution < 1.29 is 18.3 Å². The topological polar surface area (TPSA) is 145 Å². The zero-order valence-electron chi connectivity index (χ0n) is 17.2. The zero-order chi connectivity index (χ0) is 23.7. The average Bonchev–Trinajstić information content (AvgIpc) is 3.08. The number of thiazole rings is 1. The number of amides is 1. The minimum absolute atomic E-state index is 0.0575. The van der Waals surface area contributed by atoms with E-state index >= 15 is 0 Å². The van der Waals surface area contributed by atoms with Crippen LogP contribution in [0.4, 0.5) is 20.4 Å². The first-order valence-corrected chi connectivity index (χ1v) is 10.0. The van der Waals surface area contributed by atoms with E-state index in [4.69, 9.17) is 10.00 Å². The minimum atomic E-state index is -0.983. The Morgan fingerprint density at radius 2 is 2.06 bits per heavy atom. The third-order valence-corrected chi connectivity index (χ3v) is 5.10. The summed E-state index contributed by atoms with van der Waals surface area (Å²) >= 11 is 0.827. The van der Waals surface area contributed by atoms with Gasteiger partial charge in [0.05, 0.1) is 12.7 Å². The monoisotopic (exact) mass is 463 g/mol. The number of aromatic nitrogens is 2. The Bertz CT molecular complexity index is 1260. The highest BCUT2D eigenvalue weighted by molar-refractivity contribution is 7.07. The first-order valence-electron chi connectivity index (χ1n) is 9.22. The van der Waals surface area contributed by atoms with Crippen molar-refractivity contribution in [2.75, 3.05) is 37.4 Å². The number of nitriles is 2. The molecule has 1 amide bonds. The van der Waals surface area contributed by atoms with Gasteiger partial charge in [-0.3, -0.25) is 14.2 Å². The van der Waals surface area contributed by atoms with Crippen LogP contribution < -0.4 is 30.7 Å². The van der Waals surface area contributed by atoms with Gasteiger partial charge in [0.1, 0.15) is 21.8 Å². The number of methoxy groups -OCH3 is 1. The molecule has 0 aliphatic heterocycles. The summed E-state index contributed by atoms with van der Waals surface area (Å²) in [5.41, 5.74) is -0.860. The van der Waals surface area contributed by atoms with E-state index in [-0.39, 0.29) is 52.6 Å². The molecule has 0 saturated carbocycles. The van der Waals surface area contributed by atoms with Gasteiger partial charge in [-0.1, -0.05) is 0 Å². The molecule has 0 aliphatic carbocycles. The molecule has 2 rings (SSSR count). The van der Waals surface area contributed by atoms with Gasteiger partial charge in [0, 0.05) is 32.5 Å². The van der Waals surface area contributed by atoms with Gasteiger partial charge in [-0.05, 0) is 6.92 Å². The molecule has 13 heteroatoms. The third-order valence-electron chi connectivity index (χ3n) is 3.97. The molecule has 0 radical (unpaired) electrons. The van der Waals surface area contributed by atoms with Gasteiger partial charge in [-0.15, -0.1) is 11.3 Å². The summed E-state index contributed by atoms with van der Waals surface area (Å²) < 4.78 is 34.2. The van der Waals surface area contributed by atoms with Crippen molar-refractivity contribution in [3.8, 4) is 12.1 Å². The van der Waals surface area contributed by atoms with Crippen LogP contribution in [0.25, 0.3) is 11.8 Å². The second-order valence-electron chi connectivity index (χ2n) is 6.01. The molecule has 0 aliphatic rings. The molecule has 0 aromatic carbocycles. The molecule has 0 bridgehead atoms. The van der Waals surface area contributed by atoms with Crippen LogP contribution in [0.2, 0.25) is 0 Å². The molecular formula is C19H19F2N7O3S. The molecule has 0 saturated heterocycles. The molecule has 0 fully saturated rings. The second-order valence-corrected chi connectivity index (χ2v) is 7.04. The molecule has 10 nitrogen and oxygen atoms in total. The number of nitrogens with one attached hydrogen (secondary N) is 3. The van der Waals surface area contributed by atoms with E-state index in [9.17, 15) is 23.6 Å². The summed E-state index contributed by atoms with van der Waals surface area (Å²) in [6.07, 6.45) is 1.16. The van der Waals surface area contributed by atoms with Crippen LogP contribution >= 0.6 is 11.3 Å². The van der Waals surface area contributed by atoms with E-state index in [1.165, 1.54) is 11.7 Å². The fraction of sp³-hybridized carbons (Fsp3) is 0.316. The molecule has 0 unspecified atom stereocenters. The van der Waals surface area contributed by atoms with E-state index in [2.05, 4.69) is 20.9 Å². The summed E-state index contributed by atoms with van der Waals surface area (Å²) in [4.78, 5) is 28.7. The van der Waals surface area contributed by atoms with Crippen molar-refractivity contribution in [1.29, 1.82) is 10.5 Å². The summed E-state index contributed by atoms with van der Waals surface area (Å²) in [5.74, 6) is -3.21. The fourth-order valence-electron chi connectivity index (χ4n) is 2.49. The number of carbonyl (C=O) groups is 1. The highest BCUT2D eigenvalue weighted by atomic mass is 32.1. The highest BCUT2D eigenvalue weighted by Gasteiger charge is 2.15. The summed E-state index contributed by atoms with van der Waals surface area (Å²) in [6.45, 7) is 2.03. The van der Waals surface area contributed by atoms with E-state index in [1.807, 2.05) is 0 Å². The van der Waals surface area contributed by atoms with E-state index in [1.54, 1.807) is 19.1 Å². The molecule has 2 aromatic heterocycles. The Morgan fingerprint density at radius 3 is 2.69 bits per heavy atom. The summed E-state index contributed by atoms with van der Waals surface area (Å²) in [6, 6.07) is 4.11. The third kappa shape index (κ3) is 5.66.